The van der Waals surface area contributed by atoms with Gasteiger partial charge in [-0.15, -0.1) is 0 Å². The van der Waals surface area contributed by atoms with Crippen molar-refractivity contribution in [2.24, 2.45) is 0 Å². The third kappa shape index (κ3) is 3.76. The molecule has 0 unspecified atom stereocenters. The first kappa shape index (κ1) is 12.3. The Labute approximate surface area is 98.9 Å². The monoisotopic (exact) mass is 235 g/mol. The summed E-state index contributed by atoms with van der Waals surface area (Å²) < 4.78 is 4.73. The van der Waals surface area contributed by atoms with Gasteiger partial charge in [0.05, 0.1) is 18.2 Å². The Hall–Kier alpha value is -1.79. The molecule has 3 nitrogen and oxygen atoms in total. The number of hydrogen-bond donors (Lipinski definition) is 0. The molecule has 0 aliphatic rings. The van der Waals surface area contributed by atoms with Crippen molar-refractivity contribution in [1.82, 2.24) is 0 Å². The molecule has 1 rings (SSSR count). The zero-order chi connectivity index (χ0) is 12.0. The third-order valence-corrected chi connectivity index (χ3v) is 1.97. The number of esters is 1. The standard InChI is InChI=1S/C12H10ClNO2/c1-2-16-12(15)4-3-9-5-10(8-14)7-11(13)6-9/h3-7H,2H2,1H3. The van der Waals surface area contributed by atoms with Gasteiger partial charge < -0.3 is 4.74 Å². The van der Waals surface area contributed by atoms with Crippen LogP contribution in [0.4, 0.5) is 0 Å². The van der Waals surface area contributed by atoms with Crippen molar-refractivity contribution in [3.05, 3.63) is 40.4 Å². The maximum Gasteiger partial charge on any atom is 0.330 e. The SMILES string of the molecule is CCOC(=O)C=Cc1cc(Cl)cc(C#N)c1. The van der Waals surface area contributed by atoms with Crippen LogP contribution in [0.1, 0.15) is 18.1 Å². The van der Waals surface area contributed by atoms with Crippen LogP contribution in [0.2, 0.25) is 5.02 Å². The lowest BCUT2D eigenvalue weighted by Crippen LogP contribution is -1.98. The van der Waals surface area contributed by atoms with Gasteiger partial charge in [-0.2, -0.15) is 5.26 Å². The fraction of sp³-hybridized carbons (Fsp3) is 0.167. The van der Waals surface area contributed by atoms with Gasteiger partial charge in [0, 0.05) is 11.1 Å². The molecule has 1 aromatic rings. The quantitative estimate of drug-likeness (QED) is 0.598. The molecule has 0 atom stereocenters. The first-order valence-electron chi connectivity index (χ1n) is 4.71. The van der Waals surface area contributed by atoms with E-state index in [9.17, 15) is 4.79 Å². The van der Waals surface area contributed by atoms with Gasteiger partial charge in [0.15, 0.2) is 0 Å². The van der Waals surface area contributed by atoms with E-state index in [1.807, 2.05) is 6.07 Å². The van der Waals surface area contributed by atoms with Crippen LogP contribution in [0.3, 0.4) is 0 Å². The minimum Gasteiger partial charge on any atom is -0.463 e. The van der Waals surface area contributed by atoms with Gasteiger partial charge in [-0.1, -0.05) is 11.6 Å². The van der Waals surface area contributed by atoms with Crippen molar-refractivity contribution < 1.29 is 9.53 Å². The van der Waals surface area contributed by atoms with E-state index in [-0.39, 0.29) is 0 Å². The van der Waals surface area contributed by atoms with Crippen molar-refractivity contribution >= 4 is 23.6 Å². The van der Waals surface area contributed by atoms with Crippen molar-refractivity contribution in [2.45, 2.75) is 6.92 Å². The van der Waals surface area contributed by atoms with Gasteiger partial charge in [-0.25, -0.2) is 4.79 Å². The average Bonchev–Trinajstić information content (AvgIpc) is 2.26. The molecule has 0 N–H and O–H groups in total. The first-order valence-corrected chi connectivity index (χ1v) is 5.09. The van der Waals surface area contributed by atoms with Gasteiger partial charge >= 0.3 is 5.97 Å². The predicted octanol–water partition coefficient (Wildman–Crippen LogP) is 2.79. The van der Waals surface area contributed by atoms with Crippen LogP contribution in [-0.2, 0) is 9.53 Å². The van der Waals surface area contributed by atoms with E-state index in [4.69, 9.17) is 21.6 Å². The molecule has 0 radical (unpaired) electrons. The minimum absolute atomic E-state index is 0.335. The fourth-order valence-electron chi connectivity index (χ4n) is 1.13. The molecular weight excluding hydrogens is 226 g/mol. The Kier molecular flexibility index (Phi) is 4.56. The van der Waals surface area contributed by atoms with Crippen molar-refractivity contribution in [3.8, 4) is 6.07 Å². The zero-order valence-electron chi connectivity index (χ0n) is 8.74. The number of nitrogens with zero attached hydrogens (tertiary/aromatic N) is 1. The number of carbonyl (C=O) groups is 1. The van der Waals surface area contributed by atoms with Crippen LogP contribution in [0.15, 0.2) is 24.3 Å². The summed E-state index contributed by atoms with van der Waals surface area (Å²) in [6, 6.07) is 6.85. The van der Waals surface area contributed by atoms with Gasteiger partial charge in [0.1, 0.15) is 0 Å². The molecule has 0 saturated heterocycles. The van der Waals surface area contributed by atoms with E-state index in [1.54, 1.807) is 31.2 Å². The lowest BCUT2D eigenvalue weighted by molar-refractivity contribution is -0.137. The second-order valence-corrected chi connectivity index (χ2v) is 3.41. The van der Waals surface area contributed by atoms with Crippen molar-refractivity contribution in [1.29, 1.82) is 5.26 Å². The Bertz CT molecular complexity index is 461. The molecule has 0 amide bonds. The van der Waals surface area contributed by atoms with Gasteiger partial charge in [0.2, 0.25) is 0 Å². The minimum atomic E-state index is -0.416. The maximum absolute atomic E-state index is 11.0. The normalized spacial score (nSPS) is 10.1. The van der Waals surface area contributed by atoms with Crippen molar-refractivity contribution in [2.75, 3.05) is 6.61 Å². The lowest BCUT2D eigenvalue weighted by atomic mass is 10.1. The predicted molar refractivity (Wildman–Crippen MR) is 61.8 cm³/mol. The van der Waals surface area contributed by atoms with E-state index >= 15 is 0 Å². The number of halogens is 1. The second-order valence-electron chi connectivity index (χ2n) is 2.97. The molecule has 0 aliphatic carbocycles. The Balaban J connectivity index is 2.85. The van der Waals surface area contributed by atoms with E-state index in [0.717, 1.165) is 0 Å². The van der Waals surface area contributed by atoms with Gasteiger partial charge in [-0.3, -0.25) is 0 Å². The molecule has 1 aromatic carbocycles. The molecule has 0 heterocycles. The molecule has 0 aromatic heterocycles. The van der Waals surface area contributed by atoms with E-state index < -0.39 is 5.97 Å². The number of hydrogen-bond acceptors (Lipinski definition) is 3. The number of nitriles is 1. The smallest absolute Gasteiger partial charge is 0.330 e. The number of ether oxygens (including phenoxy) is 1. The molecule has 0 aliphatic heterocycles. The summed E-state index contributed by atoms with van der Waals surface area (Å²) in [6.45, 7) is 2.07. The van der Waals surface area contributed by atoms with Crippen LogP contribution < -0.4 is 0 Å². The number of rotatable bonds is 3. The highest BCUT2D eigenvalue weighted by Crippen LogP contribution is 2.15. The van der Waals surface area contributed by atoms with Crippen LogP contribution in [0, 0.1) is 11.3 Å². The largest absolute Gasteiger partial charge is 0.463 e. The summed E-state index contributed by atoms with van der Waals surface area (Å²) >= 11 is 5.80. The second kappa shape index (κ2) is 5.94. The summed E-state index contributed by atoms with van der Waals surface area (Å²) in [7, 11) is 0. The topological polar surface area (TPSA) is 50.1 Å². The molecule has 82 valence electrons. The number of benzene rings is 1. The molecule has 4 heteroatoms. The average molecular weight is 236 g/mol. The van der Waals surface area contributed by atoms with Crippen LogP contribution in [0.5, 0.6) is 0 Å². The molecule has 0 saturated carbocycles. The van der Waals surface area contributed by atoms with Gasteiger partial charge in [-0.05, 0) is 36.8 Å². The molecule has 16 heavy (non-hydrogen) atoms. The summed E-state index contributed by atoms with van der Waals surface area (Å²) in [6.07, 6.45) is 2.86. The fourth-order valence-corrected chi connectivity index (χ4v) is 1.37. The summed E-state index contributed by atoms with van der Waals surface area (Å²) in [5.41, 5.74) is 1.15. The molecular formula is C12H10ClNO2. The first-order chi connectivity index (χ1) is 7.65. The van der Waals surface area contributed by atoms with Crippen molar-refractivity contribution in [3.63, 3.8) is 0 Å². The van der Waals surface area contributed by atoms with Crippen LogP contribution in [0.25, 0.3) is 6.08 Å². The molecule has 0 spiro atoms. The highest BCUT2D eigenvalue weighted by molar-refractivity contribution is 6.30. The number of carbonyl (C=O) groups excluding carboxylic acids is 1. The maximum atomic E-state index is 11.0. The zero-order valence-corrected chi connectivity index (χ0v) is 9.49. The van der Waals surface area contributed by atoms with Crippen LogP contribution in [-0.4, -0.2) is 12.6 Å². The highest BCUT2D eigenvalue weighted by Gasteiger charge is 1.98. The highest BCUT2D eigenvalue weighted by atomic mass is 35.5. The molecule has 0 fully saturated rings. The summed E-state index contributed by atoms with van der Waals surface area (Å²) in [5, 5.41) is 9.18. The lowest BCUT2D eigenvalue weighted by Gasteiger charge is -1.97. The van der Waals surface area contributed by atoms with Crippen LogP contribution >= 0.6 is 11.6 Å². The van der Waals surface area contributed by atoms with E-state index in [0.29, 0.717) is 22.8 Å². The van der Waals surface area contributed by atoms with E-state index in [1.165, 1.54) is 6.08 Å². The van der Waals surface area contributed by atoms with E-state index in [2.05, 4.69) is 0 Å². The Morgan fingerprint density at radius 1 is 1.56 bits per heavy atom. The van der Waals surface area contributed by atoms with Gasteiger partial charge in [0.25, 0.3) is 0 Å². The Morgan fingerprint density at radius 2 is 2.31 bits per heavy atom. The molecule has 0 bridgehead atoms. The summed E-state index contributed by atoms with van der Waals surface area (Å²) in [5.74, 6) is -0.416. The Morgan fingerprint density at radius 3 is 2.94 bits per heavy atom. The summed E-state index contributed by atoms with van der Waals surface area (Å²) in [4.78, 5) is 11.0. The third-order valence-electron chi connectivity index (χ3n) is 1.75.